The fourth-order valence-corrected chi connectivity index (χ4v) is 2.92. The maximum atomic E-state index is 12.6. The third-order valence-corrected chi connectivity index (χ3v) is 4.59. The first-order valence-electron chi connectivity index (χ1n) is 8.17. The van der Waals surface area contributed by atoms with Gasteiger partial charge in [-0.1, -0.05) is 66.2 Å². The van der Waals surface area contributed by atoms with Crippen molar-refractivity contribution in [3.63, 3.8) is 0 Å². The van der Waals surface area contributed by atoms with Gasteiger partial charge in [0.2, 0.25) is 0 Å². The van der Waals surface area contributed by atoms with Crippen LogP contribution in [0.3, 0.4) is 0 Å². The van der Waals surface area contributed by atoms with Crippen LogP contribution >= 0.6 is 11.6 Å². The number of aryl methyl sites for hydroxylation is 2. The summed E-state index contributed by atoms with van der Waals surface area (Å²) in [6.45, 7) is 4.79. The molecule has 0 aliphatic heterocycles. The highest BCUT2D eigenvalue weighted by Gasteiger charge is 2.13. The third kappa shape index (κ3) is 3.94. The van der Waals surface area contributed by atoms with Crippen LogP contribution < -0.4 is 10.3 Å². The number of hydrogen-bond donors (Lipinski definition) is 0. The molecule has 0 fully saturated rings. The molecule has 3 aromatic rings. The number of aromatic nitrogens is 1. The van der Waals surface area contributed by atoms with E-state index < -0.39 is 0 Å². The molecule has 25 heavy (non-hydrogen) atoms. The quantitative estimate of drug-likeness (QED) is 0.663. The molecule has 1 heterocycles. The SMILES string of the molecule is Cc1ccccc1COc1cc(C)n(Cc2ccccc2)c(=O)c1Cl. The summed E-state index contributed by atoms with van der Waals surface area (Å²) in [7, 11) is 0. The molecule has 0 N–H and O–H groups in total. The number of rotatable bonds is 5. The van der Waals surface area contributed by atoms with E-state index in [1.54, 1.807) is 4.57 Å². The molecule has 2 aromatic carbocycles. The van der Waals surface area contributed by atoms with Crippen LogP contribution in [0.15, 0.2) is 65.5 Å². The van der Waals surface area contributed by atoms with Crippen molar-refractivity contribution in [2.75, 3.05) is 0 Å². The Kier molecular flexibility index (Phi) is 5.25. The molecule has 3 rings (SSSR count). The van der Waals surface area contributed by atoms with Crippen molar-refractivity contribution in [2.45, 2.75) is 27.0 Å². The summed E-state index contributed by atoms with van der Waals surface area (Å²) in [4.78, 5) is 12.6. The minimum atomic E-state index is -0.231. The van der Waals surface area contributed by atoms with Crippen molar-refractivity contribution in [1.29, 1.82) is 0 Å². The van der Waals surface area contributed by atoms with Crippen LogP contribution in [0.4, 0.5) is 0 Å². The lowest BCUT2D eigenvalue weighted by atomic mass is 10.1. The maximum absolute atomic E-state index is 12.6. The Morgan fingerprint density at radius 3 is 2.40 bits per heavy atom. The first kappa shape index (κ1) is 17.3. The summed E-state index contributed by atoms with van der Waals surface area (Å²) in [5.41, 5.74) is 3.86. The van der Waals surface area contributed by atoms with Gasteiger partial charge in [0.15, 0.2) is 0 Å². The average molecular weight is 354 g/mol. The molecule has 0 aliphatic rings. The lowest BCUT2D eigenvalue weighted by Gasteiger charge is -2.15. The summed E-state index contributed by atoms with van der Waals surface area (Å²) in [6.07, 6.45) is 0. The van der Waals surface area contributed by atoms with Gasteiger partial charge in [0.1, 0.15) is 17.4 Å². The van der Waals surface area contributed by atoms with E-state index in [0.717, 1.165) is 22.4 Å². The number of halogens is 1. The van der Waals surface area contributed by atoms with Gasteiger partial charge in [-0.3, -0.25) is 4.79 Å². The van der Waals surface area contributed by atoms with Crippen LogP contribution in [0.2, 0.25) is 5.02 Å². The molecule has 0 amide bonds. The normalized spacial score (nSPS) is 10.7. The van der Waals surface area contributed by atoms with Crippen molar-refractivity contribution in [3.05, 3.63) is 98.4 Å². The molecule has 1 aromatic heterocycles. The molecule has 0 radical (unpaired) electrons. The first-order chi connectivity index (χ1) is 12.1. The minimum absolute atomic E-state index is 0.120. The van der Waals surface area contributed by atoms with Crippen LogP contribution in [-0.4, -0.2) is 4.57 Å². The third-order valence-electron chi connectivity index (χ3n) is 4.24. The molecule has 3 nitrogen and oxygen atoms in total. The second-order valence-electron chi connectivity index (χ2n) is 6.06. The summed E-state index contributed by atoms with van der Waals surface area (Å²) in [5.74, 6) is 0.428. The predicted octanol–water partition coefficient (Wildman–Crippen LogP) is 4.75. The highest BCUT2D eigenvalue weighted by atomic mass is 35.5. The molecule has 0 saturated carbocycles. The minimum Gasteiger partial charge on any atom is -0.487 e. The number of hydrogen-bond acceptors (Lipinski definition) is 2. The highest BCUT2D eigenvalue weighted by Crippen LogP contribution is 2.23. The number of benzene rings is 2. The van der Waals surface area contributed by atoms with Crippen molar-refractivity contribution < 1.29 is 4.74 Å². The maximum Gasteiger partial charge on any atom is 0.273 e. The van der Waals surface area contributed by atoms with Crippen LogP contribution in [-0.2, 0) is 13.2 Å². The van der Waals surface area contributed by atoms with Crippen molar-refractivity contribution >= 4 is 11.6 Å². The summed E-state index contributed by atoms with van der Waals surface area (Å²) in [6, 6.07) is 19.7. The lowest BCUT2D eigenvalue weighted by Crippen LogP contribution is -2.24. The molecule has 0 unspecified atom stereocenters. The van der Waals surface area contributed by atoms with Gasteiger partial charge >= 0.3 is 0 Å². The van der Waals surface area contributed by atoms with Crippen molar-refractivity contribution in [3.8, 4) is 5.75 Å². The molecule has 0 saturated heterocycles. The highest BCUT2D eigenvalue weighted by molar-refractivity contribution is 6.31. The average Bonchev–Trinajstić information content (AvgIpc) is 2.63. The first-order valence-corrected chi connectivity index (χ1v) is 8.55. The van der Waals surface area contributed by atoms with Gasteiger partial charge in [0, 0.05) is 11.8 Å². The fourth-order valence-electron chi connectivity index (χ4n) is 2.71. The van der Waals surface area contributed by atoms with E-state index >= 15 is 0 Å². The van der Waals surface area contributed by atoms with Crippen molar-refractivity contribution in [2.24, 2.45) is 0 Å². The monoisotopic (exact) mass is 353 g/mol. The lowest BCUT2D eigenvalue weighted by molar-refractivity contribution is 0.304. The Balaban J connectivity index is 1.85. The Morgan fingerprint density at radius 1 is 1.00 bits per heavy atom. The van der Waals surface area contributed by atoms with Gasteiger partial charge in [0.25, 0.3) is 5.56 Å². The number of nitrogens with zero attached hydrogens (tertiary/aromatic N) is 1. The van der Waals surface area contributed by atoms with Crippen LogP contribution in [0, 0.1) is 13.8 Å². The van der Waals surface area contributed by atoms with Gasteiger partial charge in [0.05, 0.1) is 6.54 Å². The summed E-state index contributed by atoms with van der Waals surface area (Å²) < 4.78 is 7.49. The topological polar surface area (TPSA) is 31.2 Å². The largest absolute Gasteiger partial charge is 0.487 e. The zero-order chi connectivity index (χ0) is 17.8. The Labute approximate surface area is 152 Å². The van der Waals surface area contributed by atoms with Gasteiger partial charge in [-0.05, 0) is 30.5 Å². The Morgan fingerprint density at radius 2 is 1.68 bits per heavy atom. The fraction of sp³-hybridized carbons (Fsp3) is 0.190. The van der Waals surface area contributed by atoms with E-state index in [1.165, 1.54) is 0 Å². The second-order valence-corrected chi connectivity index (χ2v) is 6.43. The van der Waals surface area contributed by atoms with Gasteiger partial charge in [-0.25, -0.2) is 0 Å². The zero-order valence-electron chi connectivity index (χ0n) is 14.3. The standard InChI is InChI=1S/C21H20ClNO2/c1-15-8-6-7-11-18(15)14-25-19-12-16(2)23(21(24)20(19)22)13-17-9-4-3-5-10-17/h3-12H,13-14H2,1-2H3. The van der Waals surface area contributed by atoms with E-state index in [9.17, 15) is 4.79 Å². The van der Waals surface area contributed by atoms with E-state index in [4.69, 9.17) is 16.3 Å². The van der Waals surface area contributed by atoms with Crippen LogP contribution in [0.5, 0.6) is 5.75 Å². The van der Waals surface area contributed by atoms with Crippen molar-refractivity contribution in [1.82, 2.24) is 4.57 Å². The Hall–Kier alpha value is -2.52. The van der Waals surface area contributed by atoms with Gasteiger partial charge in [-0.2, -0.15) is 0 Å². The molecular formula is C21H20ClNO2. The molecule has 4 heteroatoms. The predicted molar refractivity (Wildman–Crippen MR) is 102 cm³/mol. The molecular weight excluding hydrogens is 334 g/mol. The van der Waals surface area contributed by atoms with E-state index in [2.05, 4.69) is 0 Å². The smallest absolute Gasteiger partial charge is 0.273 e. The van der Waals surface area contributed by atoms with Gasteiger partial charge in [-0.15, -0.1) is 0 Å². The number of pyridine rings is 1. The van der Waals surface area contributed by atoms with Gasteiger partial charge < -0.3 is 9.30 Å². The molecule has 0 atom stereocenters. The molecule has 128 valence electrons. The summed E-state index contributed by atoms with van der Waals surface area (Å²) in [5, 5.41) is 0.120. The Bertz CT molecular complexity index is 932. The molecule has 0 aliphatic carbocycles. The van der Waals surface area contributed by atoms with E-state index in [0.29, 0.717) is 18.9 Å². The van der Waals surface area contributed by atoms with E-state index in [-0.39, 0.29) is 10.6 Å². The second kappa shape index (κ2) is 7.58. The zero-order valence-corrected chi connectivity index (χ0v) is 15.1. The van der Waals surface area contributed by atoms with Crippen LogP contribution in [0.1, 0.15) is 22.4 Å². The molecule has 0 bridgehead atoms. The molecule has 0 spiro atoms. The number of ether oxygens (including phenoxy) is 1. The van der Waals surface area contributed by atoms with Crippen LogP contribution in [0.25, 0.3) is 0 Å². The summed E-state index contributed by atoms with van der Waals surface area (Å²) >= 11 is 6.28. The van der Waals surface area contributed by atoms with E-state index in [1.807, 2.05) is 74.5 Å².